The van der Waals surface area contributed by atoms with E-state index in [2.05, 4.69) is 4.57 Å². The van der Waals surface area contributed by atoms with Gasteiger partial charge in [0.15, 0.2) is 0 Å². The van der Waals surface area contributed by atoms with Gasteiger partial charge in [-0.1, -0.05) is 90.5 Å². The molecule has 248 valence electrons. The Labute approximate surface area is 290 Å². The summed E-state index contributed by atoms with van der Waals surface area (Å²) in [6.07, 6.45) is 2.20. The first-order chi connectivity index (χ1) is 23.8. The minimum absolute atomic E-state index is 0.0397. The first-order valence-corrected chi connectivity index (χ1v) is 16.6. The number of halogens is 2. The summed E-state index contributed by atoms with van der Waals surface area (Å²) >= 11 is 6.13. The molecule has 0 saturated carbocycles. The van der Waals surface area contributed by atoms with Gasteiger partial charge in [-0.25, -0.2) is 9.37 Å². The number of amidine groups is 1. The van der Waals surface area contributed by atoms with E-state index in [1.165, 1.54) is 6.07 Å². The normalized spacial score (nSPS) is 11.2. The van der Waals surface area contributed by atoms with Crippen molar-refractivity contribution < 1.29 is 9.18 Å². The maximum Gasteiger partial charge on any atom is 0.254 e. The molecule has 0 saturated heterocycles. The number of imidazole rings is 1. The maximum absolute atomic E-state index is 14.8. The number of aryl methyl sites for hydroxylation is 4. The van der Waals surface area contributed by atoms with Gasteiger partial charge in [0.2, 0.25) is 0 Å². The van der Waals surface area contributed by atoms with Gasteiger partial charge in [0, 0.05) is 54.3 Å². The van der Waals surface area contributed by atoms with E-state index in [0.29, 0.717) is 47.8 Å². The zero-order valence-electron chi connectivity index (χ0n) is 27.1. The molecule has 0 unspecified atom stereocenters. The molecule has 7 nitrogen and oxygen atoms in total. The maximum atomic E-state index is 14.8. The van der Waals surface area contributed by atoms with Gasteiger partial charge in [-0.15, -0.1) is 0 Å². The average Bonchev–Trinajstić information content (AvgIpc) is 3.47. The van der Waals surface area contributed by atoms with E-state index in [9.17, 15) is 9.18 Å². The summed E-state index contributed by atoms with van der Waals surface area (Å²) in [5.41, 5.74) is 18.9. The predicted octanol–water partition coefficient (Wildman–Crippen LogP) is 7.44. The lowest BCUT2D eigenvalue weighted by Gasteiger charge is -2.24. The Hall–Kier alpha value is -5.31. The van der Waals surface area contributed by atoms with E-state index in [1.807, 2.05) is 91.0 Å². The summed E-state index contributed by atoms with van der Waals surface area (Å²) in [5.74, 6) is 0.385. The van der Waals surface area contributed by atoms with E-state index in [1.54, 1.807) is 23.1 Å². The fraction of sp³-hybridized carbons (Fsp3) is 0.175. The molecule has 5 aromatic carbocycles. The molecule has 1 aromatic heterocycles. The Morgan fingerprint density at radius 3 is 2.10 bits per heavy atom. The number of fused-ring (bicyclic) bond motifs is 1. The van der Waals surface area contributed by atoms with Gasteiger partial charge in [-0.2, -0.15) is 0 Å². The van der Waals surface area contributed by atoms with Crippen molar-refractivity contribution in [3.8, 4) is 0 Å². The molecule has 6 aromatic rings. The molecule has 0 aliphatic rings. The number of carbonyl (C=O) groups is 1. The lowest BCUT2D eigenvalue weighted by molar-refractivity contribution is 0.0728. The van der Waals surface area contributed by atoms with Crippen LogP contribution < -0.4 is 11.5 Å². The summed E-state index contributed by atoms with van der Waals surface area (Å²) in [4.78, 5) is 20.9. The van der Waals surface area contributed by atoms with Crippen molar-refractivity contribution in [1.82, 2.24) is 14.5 Å². The SMILES string of the molecule is N=C(N)c1ccc(CCc2nc3cc(C(=O)N(Cc4ccc(CN)cc4)Cc4ccccc4F)ccc3n2CCc2ccc(Cl)cc2)cc1. The van der Waals surface area contributed by atoms with Crippen LogP contribution >= 0.6 is 11.6 Å². The largest absolute Gasteiger partial charge is 0.384 e. The highest BCUT2D eigenvalue weighted by molar-refractivity contribution is 6.30. The van der Waals surface area contributed by atoms with Crippen LogP contribution in [-0.4, -0.2) is 26.2 Å². The molecule has 1 heterocycles. The molecule has 0 bridgehead atoms. The molecule has 6 rings (SSSR count). The second-order valence-corrected chi connectivity index (χ2v) is 12.6. The van der Waals surface area contributed by atoms with Crippen molar-refractivity contribution in [3.63, 3.8) is 0 Å². The van der Waals surface area contributed by atoms with Crippen LogP contribution in [0.1, 0.15) is 49.6 Å². The molecule has 0 aliphatic heterocycles. The smallest absolute Gasteiger partial charge is 0.254 e. The number of carbonyl (C=O) groups excluding carboxylic acids is 1. The van der Waals surface area contributed by atoms with Gasteiger partial charge < -0.3 is 20.9 Å². The molecule has 0 spiro atoms. The molecule has 0 atom stereocenters. The summed E-state index contributed by atoms with van der Waals surface area (Å²) in [6, 6.07) is 35.5. The first-order valence-electron chi connectivity index (χ1n) is 16.2. The highest BCUT2D eigenvalue weighted by atomic mass is 35.5. The van der Waals surface area contributed by atoms with Crippen LogP contribution in [0.3, 0.4) is 0 Å². The van der Waals surface area contributed by atoms with Crippen molar-refractivity contribution in [1.29, 1.82) is 5.41 Å². The van der Waals surface area contributed by atoms with Crippen molar-refractivity contribution in [2.75, 3.05) is 0 Å². The Balaban J connectivity index is 1.31. The standard InChI is InChI=1S/C40H38ClFN6O/c41-34-17-11-28(12-18-34)21-22-48-37-19-16-32(23-36(37)46-38(48)20-13-27-9-14-31(15-10-27)39(44)45)40(49)47(26-33-3-1-2-4-35(33)42)25-30-7-5-29(24-43)6-8-30/h1-12,14-19,23H,13,20-22,24-26,43H2,(H3,44,45). The van der Waals surface area contributed by atoms with E-state index < -0.39 is 0 Å². The summed E-state index contributed by atoms with van der Waals surface area (Å²) < 4.78 is 17.0. The average molecular weight is 673 g/mol. The third-order valence-corrected chi connectivity index (χ3v) is 9.00. The van der Waals surface area contributed by atoms with Crippen LogP contribution in [0, 0.1) is 11.2 Å². The van der Waals surface area contributed by atoms with Gasteiger partial charge in [0.05, 0.1) is 11.0 Å². The Bertz CT molecular complexity index is 2070. The summed E-state index contributed by atoms with van der Waals surface area (Å²) in [7, 11) is 0. The second-order valence-electron chi connectivity index (χ2n) is 12.1. The van der Waals surface area contributed by atoms with Crippen LogP contribution in [0.2, 0.25) is 5.02 Å². The molecule has 49 heavy (non-hydrogen) atoms. The number of nitrogens with two attached hydrogens (primary N) is 2. The van der Waals surface area contributed by atoms with Gasteiger partial charge in [0.1, 0.15) is 17.5 Å². The highest BCUT2D eigenvalue weighted by Gasteiger charge is 2.21. The number of nitrogens with zero attached hydrogens (tertiary/aromatic N) is 3. The molecule has 1 amide bonds. The molecular weight excluding hydrogens is 635 g/mol. The van der Waals surface area contributed by atoms with Crippen LogP contribution in [0.4, 0.5) is 4.39 Å². The molecule has 0 radical (unpaired) electrons. The van der Waals surface area contributed by atoms with Crippen LogP contribution in [-0.2, 0) is 45.4 Å². The Kier molecular flexibility index (Phi) is 10.5. The summed E-state index contributed by atoms with van der Waals surface area (Å²) in [5, 5.41) is 8.38. The molecule has 0 aliphatic carbocycles. The molecular formula is C40H38ClFN6O. The Morgan fingerprint density at radius 1 is 0.776 bits per heavy atom. The highest BCUT2D eigenvalue weighted by Crippen LogP contribution is 2.24. The third kappa shape index (κ3) is 8.23. The van der Waals surface area contributed by atoms with Crippen LogP contribution in [0.15, 0.2) is 115 Å². The van der Waals surface area contributed by atoms with Gasteiger partial charge >= 0.3 is 0 Å². The number of nitrogens with one attached hydrogen (secondary N) is 1. The third-order valence-electron chi connectivity index (χ3n) is 8.75. The Morgan fingerprint density at radius 2 is 1.41 bits per heavy atom. The number of nitrogen functional groups attached to an aromatic ring is 1. The lowest BCUT2D eigenvalue weighted by atomic mass is 10.1. The van der Waals surface area contributed by atoms with E-state index >= 15 is 0 Å². The zero-order chi connectivity index (χ0) is 34.3. The van der Waals surface area contributed by atoms with E-state index in [4.69, 9.17) is 33.5 Å². The predicted molar refractivity (Wildman–Crippen MR) is 194 cm³/mol. The fourth-order valence-corrected chi connectivity index (χ4v) is 6.09. The number of benzene rings is 5. The lowest BCUT2D eigenvalue weighted by Crippen LogP contribution is -2.30. The molecule has 0 fully saturated rings. The van der Waals surface area contributed by atoms with Crippen LogP contribution in [0.5, 0.6) is 0 Å². The molecule has 9 heteroatoms. The number of rotatable bonds is 13. The van der Waals surface area contributed by atoms with Crippen molar-refractivity contribution in [2.45, 2.75) is 45.4 Å². The summed E-state index contributed by atoms with van der Waals surface area (Å²) in [6.45, 7) is 1.55. The molecule has 5 N–H and O–H groups in total. The number of hydrogen-bond donors (Lipinski definition) is 3. The number of amides is 1. The van der Waals surface area contributed by atoms with Crippen molar-refractivity contribution in [3.05, 3.63) is 171 Å². The van der Waals surface area contributed by atoms with E-state index in [-0.39, 0.29) is 24.1 Å². The minimum Gasteiger partial charge on any atom is -0.384 e. The fourth-order valence-electron chi connectivity index (χ4n) is 5.97. The monoisotopic (exact) mass is 672 g/mol. The topological polar surface area (TPSA) is 114 Å². The van der Waals surface area contributed by atoms with Gasteiger partial charge in [0.25, 0.3) is 5.91 Å². The van der Waals surface area contributed by atoms with Gasteiger partial charge in [-0.05, 0) is 71.5 Å². The van der Waals surface area contributed by atoms with Crippen molar-refractivity contribution >= 4 is 34.4 Å². The number of aromatic nitrogens is 2. The van der Waals surface area contributed by atoms with Crippen molar-refractivity contribution in [2.24, 2.45) is 11.5 Å². The second kappa shape index (κ2) is 15.3. The van der Waals surface area contributed by atoms with Crippen LogP contribution in [0.25, 0.3) is 11.0 Å². The number of hydrogen-bond acceptors (Lipinski definition) is 4. The minimum atomic E-state index is -0.353. The van der Waals surface area contributed by atoms with Gasteiger partial charge in [-0.3, -0.25) is 10.2 Å². The zero-order valence-corrected chi connectivity index (χ0v) is 27.8. The van der Waals surface area contributed by atoms with E-state index in [0.717, 1.165) is 52.0 Å². The first kappa shape index (κ1) is 33.6. The quantitative estimate of drug-likeness (QED) is 0.0874.